The van der Waals surface area contributed by atoms with E-state index in [1.54, 1.807) is 29.0 Å². The van der Waals surface area contributed by atoms with Crippen molar-refractivity contribution in [3.63, 3.8) is 0 Å². The number of carbonyl (C=O) groups excluding carboxylic acids is 1. The van der Waals surface area contributed by atoms with Crippen LogP contribution in [0.4, 0.5) is 5.69 Å². The van der Waals surface area contributed by atoms with Gasteiger partial charge in [-0.1, -0.05) is 27.3 Å². The van der Waals surface area contributed by atoms with Crippen molar-refractivity contribution in [1.82, 2.24) is 25.1 Å². The van der Waals surface area contributed by atoms with Gasteiger partial charge in [-0.25, -0.2) is 0 Å². The molecule has 1 amide bonds. The summed E-state index contributed by atoms with van der Waals surface area (Å²) in [5.74, 6) is 0.0971. The van der Waals surface area contributed by atoms with Gasteiger partial charge in [0.05, 0.1) is 12.7 Å². The van der Waals surface area contributed by atoms with Crippen molar-refractivity contribution in [1.29, 1.82) is 0 Å². The number of amides is 1. The fraction of sp³-hybridized carbons (Fsp3) is 0.0556. The van der Waals surface area contributed by atoms with Crippen LogP contribution in [0.5, 0.6) is 5.75 Å². The largest absolute Gasteiger partial charge is 0.496 e. The fourth-order valence-corrected chi connectivity index (χ4v) is 3.96. The minimum Gasteiger partial charge on any atom is -0.496 e. The molecule has 2 aromatic carbocycles. The van der Waals surface area contributed by atoms with Crippen LogP contribution in [-0.4, -0.2) is 37.9 Å². The Kier molecular flexibility index (Phi) is 5.51. The predicted octanol–water partition coefficient (Wildman–Crippen LogP) is 3.75. The van der Waals surface area contributed by atoms with E-state index in [1.165, 1.54) is 18.4 Å². The first kappa shape index (κ1) is 19.4. The van der Waals surface area contributed by atoms with Crippen LogP contribution in [0.1, 0.15) is 10.4 Å². The summed E-state index contributed by atoms with van der Waals surface area (Å²) in [6, 6.07) is 12.7. The highest BCUT2D eigenvalue weighted by molar-refractivity contribution is 9.10. The number of rotatable bonds is 4. The normalized spacial score (nSPS) is 10.7. The second kappa shape index (κ2) is 8.23. The van der Waals surface area contributed by atoms with Crippen LogP contribution < -0.4 is 15.4 Å². The lowest BCUT2D eigenvalue weighted by atomic mass is 10.2. The summed E-state index contributed by atoms with van der Waals surface area (Å²) in [6.07, 6.45) is 1.56. The van der Waals surface area contributed by atoms with Crippen LogP contribution in [0.15, 0.2) is 53.3 Å². The SMILES string of the molecule is COc1ccc(Br)cc1C(=O)NC(=S)Nc1ccc(-c2nn3cnnc3s2)cc1. The van der Waals surface area contributed by atoms with E-state index in [0.29, 0.717) is 11.3 Å². The molecule has 29 heavy (non-hydrogen) atoms. The van der Waals surface area contributed by atoms with Gasteiger partial charge < -0.3 is 10.1 Å². The predicted molar refractivity (Wildman–Crippen MR) is 118 cm³/mol. The van der Waals surface area contributed by atoms with Gasteiger partial charge in [0.1, 0.15) is 17.1 Å². The van der Waals surface area contributed by atoms with E-state index in [2.05, 4.69) is 41.9 Å². The van der Waals surface area contributed by atoms with Crippen LogP contribution in [-0.2, 0) is 0 Å². The molecule has 0 radical (unpaired) electrons. The summed E-state index contributed by atoms with van der Waals surface area (Å²) >= 11 is 10.1. The van der Waals surface area contributed by atoms with Gasteiger partial charge in [0.25, 0.3) is 5.91 Å². The van der Waals surface area contributed by atoms with E-state index in [4.69, 9.17) is 17.0 Å². The minimum atomic E-state index is -0.364. The van der Waals surface area contributed by atoms with Gasteiger partial charge >= 0.3 is 0 Å². The zero-order valence-electron chi connectivity index (χ0n) is 14.9. The maximum Gasteiger partial charge on any atom is 0.261 e. The average molecular weight is 489 g/mol. The van der Waals surface area contributed by atoms with Crippen LogP contribution in [0.3, 0.4) is 0 Å². The molecule has 0 saturated heterocycles. The number of ether oxygens (including phenoxy) is 1. The third-order valence-corrected chi connectivity index (χ3v) is 5.57. The van der Waals surface area contributed by atoms with E-state index in [9.17, 15) is 4.79 Å². The van der Waals surface area contributed by atoms with E-state index < -0.39 is 0 Å². The summed E-state index contributed by atoms with van der Waals surface area (Å²) in [6.45, 7) is 0. The van der Waals surface area contributed by atoms with Gasteiger partial charge in [0.2, 0.25) is 4.96 Å². The fourth-order valence-electron chi connectivity index (χ4n) is 2.56. The van der Waals surface area contributed by atoms with E-state index in [-0.39, 0.29) is 11.0 Å². The van der Waals surface area contributed by atoms with Crippen molar-refractivity contribution in [3.05, 3.63) is 58.8 Å². The summed E-state index contributed by atoms with van der Waals surface area (Å²) in [5.41, 5.74) is 2.06. The van der Waals surface area contributed by atoms with Crippen molar-refractivity contribution < 1.29 is 9.53 Å². The standard InChI is InChI=1S/C18H13BrN6O2S2/c1-27-14-7-4-11(19)8-13(14)15(26)22-17(28)21-12-5-2-10(3-6-12)16-24-25-9-20-23-18(25)29-16/h2-9H,1H3,(H2,21,22,26,28). The van der Waals surface area contributed by atoms with Crippen molar-refractivity contribution in [2.24, 2.45) is 0 Å². The lowest BCUT2D eigenvalue weighted by Crippen LogP contribution is -2.34. The quantitative estimate of drug-likeness (QED) is 0.422. The van der Waals surface area contributed by atoms with E-state index in [0.717, 1.165) is 25.7 Å². The number of nitrogens with zero attached hydrogens (tertiary/aromatic N) is 4. The summed E-state index contributed by atoms with van der Waals surface area (Å²) in [7, 11) is 1.51. The van der Waals surface area contributed by atoms with Crippen molar-refractivity contribution in [2.75, 3.05) is 12.4 Å². The zero-order valence-corrected chi connectivity index (χ0v) is 18.1. The van der Waals surface area contributed by atoms with Crippen molar-refractivity contribution in [2.45, 2.75) is 0 Å². The molecular weight excluding hydrogens is 476 g/mol. The number of nitrogens with one attached hydrogen (secondary N) is 2. The number of hydrogen-bond donors (Lipinski definition) is 2. The van der Waals surface area contributed by atoms with E-state index >= 15 is 0 Å². The summed E-state index contributed by atoms with van der Waals surface area (Å²) in [4.78, 5) is 13.2. The third kappa shape index (κ3) is 4.26. The highest BCUT2D eigenvalue weighted by atomic mass is 79.9. The molecule has 0 unspecified atom stereocenters. The first-order chi connectivity index (χ1) is 14.0. The maximum atomic E-state index is 12.5. The Balaban J connectivity index is 1.42. The molecule has 0 spiro atoms. The number of halogens is 1. The Morgan fingerprint density at radius 2 is 2.03 bits per heavy atom. The summed E-state index contributed by atoms with van der Waals surface area (Å²) < 4.78 is 7.63. The first-order valence-electron chi connectivity index (χ1n) is 8.26. The van der Waals surface area contributed by atoms with Gasteiger partial charge in [0, 0.05) is 15.7 Å². The van der Waals surface area contributed by atoms with Crippen molar-refractivity contribution >= 4 is 61.2 Å². The third-order valence-electron chi connectivity index (χ3n) is 3.91. The molecule has 4 rings (SSSR count). The molecule has 4 aromatic rings. The number of hydrogen-bond acceptors (Lipinski definition) is 7. The molecule has 8 nitrogen and oxygen atoms in total. The molecule has 0 fully saturated rings. The summed E-state index contributed by atoms with van der Waals surface area (Å²) in [5, 5.41) is 18.9. The molecular formula is C18H13BrN6O2S2. The van der Waals surface area contributed by atoms with Crippen molar-refractivity contribution in [3.8, 4) is 16.3 Å². The van der Waals surface area contributed by atoms with Crippen LogP contribution >= 0.6 is 39.5 Å². The minimum absolute atomic E-state index is 0.184. The zero-order chi connectivity index (χ0) is 20.4. The first-order valence-corrected chi connectivity index (χ1v) is 10.3. The molecule has 0 saturated carbocycles. The van der Waals surface area contributed by atoms with E-state index in [1.807, 2.05) is 24.3 Å². The van der Waals surface area contributed by atoms with Gasteiger partial charge in [-0.15, -0.1) is 10.2 Å². The molecule has 2 N–H and O–H groups in total. The number of aromatic nitrogens is 4. The van der Waals surface area contributed by atoms with Gasteiger partial charge in [-0.2, -0.15) is 9.61 Å². The lowest BCUT2D eigenvalue weighted by Gasteiger charge is -2.12. The Bertz CT molecular complexity index is 1180. The molecule has 0 atom stereocenters. The molecule has 11 heteroatoms. The number of anilines is 1. The second-order valence-electron chi connectivity index (χ2n) is 5.80. The smallest absolute Gasteiger partial charge is 0.261 e. The molecule has 0 bridgehead atoms. The van der Waals surface area contributed by atoms with Crippen LogP contribution in [0, 0.1) is 0 Å². The number of methoxy groups -OCH3 is 1. The highest BCUT2D eigenvalue weighted by Gasteiger charge is 2.14. The average Bonchev–Trinajstić information content (AvgIpc) is 3.30. The Morgan fingerprint density at radius 3 is 2.76 bits per heavy atom. The topological polar surface area (TPSA) is 93.4 Å². The van der Waals surface area contributed by atoms with Gasteiger partial charge in [0.15, 0.2) is 5.11 Å². The molecule has 0 aliphatic carbocycles. The number of carbonyl (C=O) groups is 1. The maximum absolute atomic E-state index is 12.5. The molecule has 2 heterocycles. The van der Waals surface area contributed by atoms with Gasteiger partial charge in [-0.05, 0) is 54.7 Å². The Morgan fingerprint density at radius 1 is 1.24 bits per heavy atom. The molecule has 0 aliphatic rings. The highest BCUT2D eigenvalue weighted by Crippen LogP contribution is 2.26. The molecule has 2 aromatic heterocycles. The Hall–Kier alpha value is -2.89. The van der Waals surface area contributed by atoms with Crippen LogP contribution in [0.25, 0.3) is 15.5 Å². The molecule has 0 aliphatic heterocycles. The molecule has 146 valence electrons. The Labute approximate surface area is 183 Å². The number of thiocarbonyl (C=S) groups is 1. The lowest BCUT2D eigenvalue weighted by molar-refractivity contribution is 0.0974. The van der Waals surface area contributed by atoms with Crippen LogP contribution in [0.2, 0.25) is 0 Å². The number of benzene rings is 2. The number of fused-ring (bicyclic) bond motifs is 1. The monoisotopic (exact) mass is 488 g/mol. The van der Waals surface area contributed by atoms with Gasteiger partial charge in [-0.3, -0.25) is 10.1 Å². The second-order valence-corrected chi connectivity index (χ2v) is 8.08.